The lowest BCUT2D eigenvalue weighted by Gasteiger charge is -2.20. The number of nitriles is 1. The van der Waals surface area contributed by atoms with Crippen LogP contribution in [-0.2, 0) is 0 Å². The molecule has 1 rings (SSSR count). The fourth-order valence-corrected chi connectivity index (χ4v) is 1.55. The molecule has 0 amide bonds. The zero-order valence-corrected chi connectivity index (χ0v) is 10.2. The Labute approximate surface area is 109 Å². The Morgan fingerprint density at radius 2 is 2.37 bits per heavy atom. The van der Waals surface area contributed by atoms with Gasteiger partial charge in [0.05, 0.1) is 17.4 Å². The zero-order chi connectivity index (χ0) is 14.4. The van der Waals surface area contributed by atoms with Crippen LogP contribution < -0.4 is 4.90 Å². The van der Waals surface area contributed by atoms with Crippen molar-refractivity contribution in [1.82, 2.24) is 4.98 Å². The molecule has 100 valence electrons. The van der Waals surface area contributed by atoms with Gasteiger partial charge in [-0.05, 0) is 6.92 Å². The van der Waals surface area contributed by atoms with Crippen molar-refractivity contribution >= 4 is 17.5 Å². The number of nitrogens with zero attached hydrogens (tertiary/aromatic N) is 4. The van der Waals surface area contributed by atoms with E-state index in [9.17, 15) is 14.9 Å². The normalized spacial score (nSPS) is 9.68. The molecule has 1 aromatic rings. The number of pyridine rings is 1. The van der Waals surface area contributed by atoms with Gasteiger partial charge in [-0.3, -0.25) is 10.1 Å². The molecule has 0 saturated heterocycles. The third-order valence-electron chi connectivity index (χ3n) is 2.49. The van der Waals surface area contributed by atoms with E-state index in [-0.39, 0.29) is 6.42 Å². The lowest BCUT2D eigenvalue weighted by Crippen LogP contribution is -2.25. The van der Waals surface area contributed by atoms with E-state index in [1.807, 2.05) is 13.0 Å². The van der Waals surface area contributed by atoms with Gasteiger partial charge < -0.3 is 10.0 Å². The van der Waals surface area contributed by atoms with Crippen molar-refractivity contribution < 1.29 is 14.8 Å². The first-order valence-corrected chi connectivity index (χ1v) is 5.50. The first kappa shape index (κ1) is 14.4. The van der Waals surface area contributed by atoms with E-state index in [0.717, 1.165) is 12.3 Å². The van der Waals surface area contributed by atoms with Crippen molar-refractivity contribution in [1.29, 1.82) is 5.26 Å². The molecule has 0 unspecified atom stereocenters. The number of hydrogen-bond donors (Lipinski definition) is 1. The van der Waals surface area contributed by atoms with Gasteiger partial charge in [0.25, 0.3) is 0 Å². The summed E-state index contributed by atoms with van der Waals surface area (Å²) < 4.78 is 0. The van der Waals surface area contributed by atoms with Gasteiger partial charge in [0, 0.05) is 19.2 Å². The van der Waals surface area contributed by atoms with Crippen molar-refractivity contribution in [3.8, 4) is 6.07 Å². The Balaban J connectivity index is 3.17. The van der Waals surface area contributed by atoms with Crippen LogP contribution in [0.1, 0.15) is 23.7 Å². The fraction of sp³-hybridized carbons (Fsp3) is 0.364. The van der Waals surface area contributed by atoms with E-state index >= 15 is 0 Å². The number of nitro groups is 1. The molecule has 0 spiro atoms. The molecule has 0 saturated carbocycles. The molecule has 19 heavy (non-hydrogen) atoms. The number of aromatic nitrogens is 1. The summed E-state index contributed by atoms with van der Waals surface area (Å²) in [6.45, 7) is 2.73. The minimum absolute atomic E-state index is 0.259. The molecule has 1 aromatic heterocycles. The molecule has 0 aliphatic carbocycles. The second-order valence-corrected chi connectivity index (χ2v) is 3.61. The van der Waals surface area contributed by atoms with Crippen LogP contribution in [0, 0.1) is 21.4 Å². The second kappa shape index (κ2) is 6.30. The summed E-state index contributed by atoms with van der Waals surface area (Å²) in [5.74, 6) is -1.08. The van der Waals surface area contributed by atoms with Crippen molar-refractivity contribution in [2.75, 3.05) is 18.0 Å². The molecule has 0 aromatic carbocycles. The van der Waals surface area contributed by atoms with Crippen LogP contribution in [0.4, 0.5) is 11.5 Å². The summed E-state index contributed by atoms with van der Waals surface area (Å²) in [6, 6.07) is 3.13. The molecule has 0 fully saturated rings. The predicted octanol–water partition coefficient (Wildman–Crippen LogP) is 1.43. The highest BCUT2D eigenvalue weighted by Crippen LogP contribution is 2.22. The largest absolute Gasteiger partial charge is 0.477 e. The monoisotopic (exact) mass is 264 g/mol. The number of aromatic carboxylic acids is 1. The van der Waals surface area contributed by atoms with E-state index in [0.29, 0.717) is 18.9 Å². The van der Waals surface area contributed by atoms with Gasteiger partial charge in [-0.1, -0.05) is 0 Å². The van der Waals surface area contributed by atoms with Crippen LogP contribution in [0.3, 0.4) is 0 Å². The predicted molar refractivity (Wildman–Crippen MR) is 66.0 cm³/mol. The Kier molecular flexibility index (Phi) is 4.76. The second-order valence-electron chi connectivity index (χ2n) is 3.61. The van der Waals surface area contributed by atoms with Crippen molar-refractivity contribution in [3.05, 3.63) is 27.9 Å². The van der Waals surface area contributed by atoms with Gasteiger partial charge in [-0.15, -0.1) is 0 Å². The van der Waals surface area contributed by atoms with E-state index in [2.05, 4.69) is 4.98 Å². The van der Waals surface area contributed by atoms with Crippen LogP contribution in [0.5, 0.6) is 0 Å². The summed E-state index contributed by atoms with van der Waals surface area (Å²) in [5, 5.41) is 28.2. The Morgan fingerprint density at radius 1 is 1.68 bits per heavy atom. The number of carbonyl (C=O) groups is 1. The average Bonchev–Trinajstić information content (AvgIpc) is 2.39. The molecule has 0 radical (unpaired) electrons. The van der Waals surface area contributed by atoms with Crippen LogP contribution in [-0.4, -0.2) is 34.1 Å². The lowest BCUT2D eigenvalue weighted by molar-refractivity contribution is -0.385. The van der Waals surface area contributed by atoms with Crippen LogP contribution in [0.15, 0.2) is 12.3 Å². The molecular formula is C11H12N4O4. The smallest absolute Gasteiger partial charge is 0.342 e. The maximum atomic E-state index is 11.0. The maximum Gasteiger partial charge on any atom is 0.342 e. The Bertz CT molecular complexity index is 538. The zero-order valence-electron chi connectivity index (χ0n) is 10.2. The van der Waals surface area contributed by atoms with E-state index in [4.69, 9.17) is 10.4 Å². The Morgan fingerprint density at radius 3 is 2.84 bits per heavy atom. The van der Waals surface area contributed by atoms with Crippen molar-refractivity contribution in [3.63, 3.8) is 0 Å². The molecule has 1 heterocycles. The van der Waals surface area contributed by atoms with Crippen LogP contribution >= 0.6 is 0 Å². The van der Waals surface area contributed by atoms with Gasteiger partial charge in [0.1, 0.15) is 17.6 Å². The molecule has 0 aliphatic heterocycles. The Hall–Kier alpha value is -2.69. The number of carboxylic acid groups (broad SMARTS) is 1. The number of carboxylic acids is 1. The quantitative estimate of drug-likeness (QED) is 0.609. The highest BCUT2D eigenvalue weighted by molar-refractivity contribution is 5.93. The molecule has 0 bridgehead atoms. The third kappa shape index (κ3) is 3.38. The summed E-state index contributed by atoms with van der Waals surface area (Å²) in [4.78, 5) is 26.5. The highest BCUT2D eigenvalue weighted by atomic mass is 16.6. The molecular weight excluding hydrogens is 252 g/mol. The summed E-state index contributed by atoms with van der Waals surface area (Å²) in [5.41, 5.74) is -0.960. The van der Waals surface area contributed by atoms with Gasteiger partial charge in [-0.25, -0.2) is 9.78 Å². The first-order valence-electron chi connectivity index (χ1n) is 5.50. The van der Waals surface area contributed by atoms with E-state index in [1.54, 1.807) is 4.90 Å². The van der Waals surface area contributed by atoms with Crippen LogP contribution in [0.2, 0.25) is 0 Å². The van der Waals surface area contributed by atoms with Gasteiger partial charge in [-0.2, -0.15) is 5.26 Å². The number of rotatable bonds is 6. The minimum atomic E-state index is -1.38. The lowest BCUT2D eigenvalue weighted by atomic mass is 10.2. The topological polar surface area (TPSA) is 120 Å². The third-order valence-corrected chi connectivity index (χ3v) is 2.49. The first-order chi connectivity index (χ1) is 9.01. The van der Waals surface area contributed by atoms with E-state index in [1.165, 1.54) is 0 Å². The fourth-order valence-electron chi connectivity index (χ4n) is 1.55. The number of anilines is 1. The average molecular weight is 264 g/mol. The van der Waals surface area contributed by atoms with Crippen LogP contribution in [0.25, 0.3) is 0 Å². The van der Waals surface area contributed by atoms with E-state index < -0.39 is 22.1 Å². The SMILES string of the molecule is CCN(CCC#N)c1cc(C(=O)O)c([N+](=O)[O-])cn1. The summed E-state index contributed by atoms with van der Waals surface area (Å²) >= 11 is 0. The van der Waals surface area contributed by atoms with Gasteiger partial charge in [0.15, 0.2) is 0 Å². The molecule has 1 N–H and O–H groups in total. The molecule has 8 heteroatoms. The molecule has 8 nitrogen and oxygen atoms in total. The highest BCUT2D eigenvalue weighted by Gasteiger charge is 2.22. The van der Waals surface area contributed by atoms with Gasteiger partial charge in [0.2, 0.25) is 0 Å². The molecule has 0 atom stereocenters. The number of hydrogen-bond acceptors (Lipinski definition) is 6. The summed E-state index contributed by atoms with van der Waals surface area (Å²) in [7, 11) is 0. The van der Waals surface area contributed by atoms with Gasteiger partial charge >= 0.3 is 11.7 Å². The van der Waals surface area contributed by atoms with Crippen molar-refractivity contribution in [2.24, 2.45) is 0 Å². The standard InChI is InChI=1S/C11H12N4O4/c1-2-14(5-3-4-12)10-6-8(11(16)17)9(7-13-10)15(18)19/h6-7H,2-3,5H2,1H3,(H,16,17). The van der Waals surface area contributed by atoms with Crippen molar-refractivity contribution in [2.45, 2.75) is 13.3 Å². The maximum absolute atomic E-state index is 11.0. The summed E-state index contributed by atoms with van der Waals surface area (Å²) in [6.07, 6.45) is 1.18. The minimum Gasteiger partial charge on any atom is -0.477 e. The molecule has 0 aliphatic rings.